The van der Waals surface area contributed by atoms with Crippen molar-refractivity contribution < 1.29 is 44.5 Å². The summed E-state index contributed by atoms with van der Waals surface area (Å²) in [7, 11) is -4.41. The van der Waals surface area contributed by atoms with Crippen LogP contribution in [0.1, 0.15) is 42.4 Å². The Hall–Kier alpha value is -3.46. The van der Waals surface area contributed by atoms with Crippen molar-refractivity contribution in [3.8, 4) is 0 Å². The first-order valence-electron chi connectivity index (χ1n) is 13.1. The van der Waals surface area contributed by atoms with E-state index in [1.165, 1.54) is 24.3 Å². The van der Waals surface area contributed by atoms with E-state index in [0.29, 0.717) is 50.9 Å². The molecule has 2 fully saturated rings. The SMILES string of the molecule is O=C(C=Cc1cccc(C(F)(F)F)c1)N1CCC(C2CCN(S(=O)(=O)c3ccc(C(F)(F)F)cc3[N+](=O)[O-])CC2)CC1. The zero-order chi connectivity index (χ0) is 30.9. The molecule has 0 spiro atoms. The summed E-state index contributed by atoms with van der Waals surface area (Å²) in [5.41, 5.74) is -3.01. The van der Waals surface area contributed by atoms with Gasteiger partial charge in [0.1, 0.15) is 0 Å². The number of nitrogens with zero attached hydrogens (tertiary/aromatic N) is 3. The van der Waals surface area contributed by atoms with E-state index in [2.05, 4.69) is 0 Å². The molecule has 2 aliphatic heterocycles. The third-order valence-corrected chi connectivity index (χ3v) is 9.70. The van der Waals surface area contributed by atoms with Gasteiger partial charge in [0.15, 0.2) is 4.90 Å². The summed E-state index contributed by atoms with van der Waals surface area (Å²) in [4.78, 5) is 23.7. The van der Waals surface area contributed by atoms with Gasteiger partial charge in [-0.25, -0.2) is 8.42 Å². The van der Waals surface area contributed by atoms with Crippen LogP contribution in [-0.4, -0.2) is 54.6 Å². The fraction of sp³-hybridized carbons (Fsp3) is 0.444. The lowest BCUT2D eigenvalue weighted by Gasteiger charge is -2.39. The number of nitro groups is 1. The van der Waals surface area contributed by atoms with Crippen molar-refractivity contribution in [2.24, 2.45) is 11.8 Å². The maximum atomic E-state index is 13.1. The van der Waals surface area contributed by atoms with Gasteiger partial charge in [0.05, 0.1) is 16.1 Å². The molecule has 0 unspecified atom stereocenters. The molecule has 0 N–H and O–H groups in total. The van der Waals surface area contributed by atoms with Crippen LogP contribution in [0, 0.1) is 22.0 Å². The smallest absolute Gasteiger partial charge is 0.339 e. The van der Waals surface area contributed by atoms with Gasteiger partial charge in [-0.15, -0.1) is 0 Å². The third-order valence-electron chi connectivity index (χ3n) is 7.75. The average Bonchev–Trinajstić information content (AvgIpc) is 2.95. The molecule has 4 rings (SSSR count). The molecular weight excluding hydrogens is 592 g/mol. The van der Waals surface area contributed by atoms with Gasteiger partial charge in [0.2, 0.25) is 15.9 Å². The Balaban J connectivity index is 1.32. The van der Waals surface area contributed by atoms with Gasteiger partial charge in [-0.3, -0.25) is 14.9 Å². The molecular formula is C27H27F6N3O5S. The summed E-state index contributed by atoms with van der Waals surface area (Å²) in [6.07, 6.45) is -4.61. The number of benzene rings is 2. The summed E-state index contributed by atoms with van der Waals surface area (Å²) in [6.45, 7) is 0.938. The molecule has 0 aromatic heterocycles. The Morgan fingerprint density at radius 3 is 1.95 bits per heavy atom. The summed E-state index contributed by atoms with van der Waals surface area (Å²) in [5, 5.41) is 11.4. The molecule has 2 aliphatic rings. The topological polar surface area (TPSA) is 101 Å². The predicted octanol–water partition coefficient (Wildman–Crippen LogP) is 5.99. The largest absolute Gasteiger partial charge is 0.416 e. The zero-order valence-corrected chi connectivity index (χ0v) is 22.9. The minimum Gasteiger partial charge on any atom is -0.339 e. The van der Waals surface area contributed by atoms with Gasteiger partial charge >= 0.3 is 12.4 Å². The van der Waals surface area contributed by atoms with Crippen LogP contribution >= 0.6 is 0 Å². The van der Waals surface area contributed by atoms with Gasteiger partial charge in [-0.2, -0.15) is 30.6 Å². The highest BCUT2D eigenvalue weighted by Gasteiger charge is 2.39. The van der Waals surface area contributed by atoms with E-state index in [1.807, 2.05) is 0 Å². The summed E-state index contributed by atoms with van der Waals surface area (Å²) < 4.78 is 105. The second kappa shape index (κ2) is 12.0. The van der Waals surface area contributed by atoms with Crippen LogP contribution in [0.3, 0.4) is 0 Å². The number of carbonyl (C=O) groups is 1. The Kier molecular flexibility index (Phi) is 9.02. The van der Waals surface area contributed by atoms with Crippen LogP contribution in [0.25, 0.3) is 6.08 Å². The number of carbonyl (C=O) groups excluding carboxylic acids is 1. The van der Waals surface area contributed by atoms with Crippen molar-refractivity contribution in [2.45, 2.75) is 42.9 Å². The van der Waals surface area contributed by atoms with Gasteiger partial charge in [-0.05, 0) is 73.4 Å². The highest BCUT2D eigenvalue weighted by molar-refractivity contribution is 7.89. The molecule has 2 saturated heterocycles. The second-order valence-electron chi connectivity index (χ2n) is 10.3. The van der Waals surface area contributed by atoms with E-state index in [9.17, 15) is 49.7 Å². The van der Waals surface area contributed by atoms with Crippen LogP contribution in [0.2, 0.25) is 0 Å². The van der Waals surface area contributed by atoms with Crippen LogP contribution in [0.4, 0.5) is 32.0 Å². The number of hydrogen-bond acceptors (Lipinski definition) is 5. The van der Waals surface area contributed by atoms with Gasteiger partial charge in [0, 0.05) is 38.3 Å². The number of hydrogen-bond donors (Lipinski definition) is 0. The lowest BCUT2D eigenvalue weighted by Crippen LogP contribution is -2.43. The van der Waals surface area contributed by atoms with E-state index < -0.39 is 49.0 Å². The Morgan fingerprint density at radius 2 is 1.40 bits per heavy atom. The average molecular weight is 620 g/mol. The van der Waals surface area contributed by atoms with E-state index >= 15 is 0 Å². The molecule has 2 aromatic carbocycles. The number of halogens is 6. The number of sulfonamides is 1. The molecule has 228 valence electrons. The molecule has 0 saturated carbocycles. The minimum absolute atomic E-state index is 0.0457. The maximum absolute atomic E-state index is 13.1. The number of alkyl halides is 6. The van der Waals surface area contributed by atoms with Crippen LogP contribution < -0.4 is 0 Å². The number of nitro benzene ring substituents is 1. The monoisotopic (exact) mass is 619 g/mol. The number of amides is 1. The molecule has 0 aliphatic carbocycles. The molecule has 42 heavy (non-hydrogen) atoms. The van der Waals surface area contributed by atoms with Crippen molar-refractivity contribution in [3.63, 3.8) is 0 Å². The van der Waals surface area contributed by atoms with Gasteiger partial charge in [-0.1, -0.05) is 12.1 Å². The second-order valence-corrected chi connectivity index (χ2v) is 12.2. The van der Waals surface area contributed by atoms with Crippen molar-refractivity contribution in [1.82, 2.24) is 9.21 Å². The van der Waals surface area contributed by atoms with Crippen molar-refractivity contribution in [3.05, 3.63) is 75.3 Å². The van der Waals surface area contributed by atoms with Crippen LogP contribution in [-0.2, 0) is 27.2 Å². The normalized spacial score (nSPS) is 18.5. The first kappa shape index (κ1) is 31.5. The molecule has 15 heteroatoms. The van der Waals surface area contributed by atoms with E-state index in [-0.39, 0.29) is 42.5 Å². The zero-order valence-electron chi connectivity index (χ0n) is 22.1. The Bertz CT molecular complexity index is 1460. The molecule has 0 atom stereocenters. The van der Waals surface area contributed by atoms with Crippen molar-refractivity contribution in [2.75, 3.05) is 26.2 Å². The lowest BCUT2D eigenvalue weighted by atomic mass is 9.79. The van der Waals surface area contributed by atoms with Gasteiger partial charge in [0.25, 0.3) is 5.69 Å². The molecule has 0 bridgehead atoms. The standard InChI is InChI=1S/C27H27F6N3O5S/c28-26(29,30)21-3-1-2-18(16-21)4-7-25(37)34-12-8-19(9-13-34)20-10-14-35(15-11-20)42(40,41)24-6-5-22(27(31,32)33)17-23(24)36(38)39/h1-7,16-17,19-20H,8-15H2. The quantitative estimate of drug-likeness (QED) is 0.171. The molecule has 2 aromatic rings. The van der Waals surface area contributed by atoms with Crippen molar-refractivity contribution >= 4 is 27.7 Å². The fourth-order valence-corrected chi connectivity index (χ4v) is 7.07. The van der Waals surface area contributed by atoms with Gasteiger partial charge < -0.3 is 4.90 Å². The molecule has 2 heterocycles. The first-order valence-corrected chi connectivity index (χ1v) is 14.5. The maximum Gasteiger partial charge on any atom is 0.416 e. The van der Waals surface area contributed by atoms with E-state index in [1.54, 1.807) is 4.90 Å². The molecule has 1 amide bonds. The highest BCUT2D eigenvalue weighted by Crippen LogP contribution is 2.38. The highest BCUT2D eigenvalue weighted by atomic mass is 32.2. The molecule has 0 radical (unpaired) electrons. The fourth-order valence-electron chi connectivity index (χ4n) is 5.46. The van der Waals surface area contributed by atoms with Crippen LogP contribution in [0.5, 0.6) is 0 Å². The van der Waals surface area contributed by atoms with E-state index in [4.69, 9.17) is 0 Å². The Morgan fingerprint density at radius 1 is 0.857 bits per heavy atom. The first-order chi connectivity index (χ1) is 19.6. The number of likely N-dealkylation sites (tertiary alicyclic amines) is 1. The minimum atomic E-state index is -4.87. The van der Waals surface area contributed by atoms with E-state index in [0.717, 1.165) is 16.4 Å². The number of rotatable bonds is 6. The molecule has 8 nitrogen and oxygen atoms in total. The predicted molar refractivity (Wildman–Crippen MR) is 139 cm³/mol. The summed E-state index contributed by atoms with van der Waals surface area (Å²) in [6, 6.07) is 5.99. The summed E-state index contributed by atoms with van der Waals surface area (Å²) >= 11 is 0. The Labute approximate surface area is 237 Å². The lowest BCUT2D eigenvalue weighted by molar-refractivity contribution is -0.388. The number of piperidine rings is 2. The van der Waals surface area contributed by atoms with Crippen LogP contribution in [0.15, 0.2) is 53.4 Å². The summed E-state index contributed by atoms with van der Waals surface area (Å²) in [5.74, 6) is -0.0198. The third kappa shape index (κ3) is 7.12. The van der Waals surface area contributed by atoms with Crippen molar-refractivity contribution in [1.29, 1.82) is 0 Å².